The molecule has 7 nitrogen and oxygen atoms in total. The fourth-order valence-electron chi connectivity index (χ4n) is 3.35. The number of H-pyrrole nitrogens is 1. The number of nitrogens with zero attached hydrogens (tertiary/aromatic N) is 3. The first-order chi connectivity index (χ1) is 15.0. The average Bonchev–Trinajstić information content (AvgIpc) is 3.22. The van der Waals surface area contributed by atoms with E-state index in [0.29, 0.717) is 5.69 Å². The molecule has 0 aliphatic rings. The van der Waals surface area contributed by atoms with Crippen LogP contribution in [0.3, 0.4) is 0 Å². The largest absolute Gasteiger partial charge is 0.364 e. The highest BCUT2D eigenvalue weighted by atomic mass is 32.2. The van der Waals surface area contributed by atoms with Crippen molar-refractivity contribution >= 4 is 34.1 Å². The SMILES string of the molecule is CCCCCCc1n[nH]c(=O)c2ccccc12.CSc1ccn2c(C(N)=O)cnc2c1. The van der Waals surface area contributed by atoms with Gasteiger partial charge in [0, 0.05) is 16.5 Å². The minimum absolute atomic E-state index is 0.0992. The van der Waals surface area contributed by atoms with Crippen molar-refractivity contribution in [3.63, 3.8) is 0 Å². The average molecular weight is 438 g/mol. The van der Waals surface area contributed by atoms with Crippen LogP contribution in [0.2, 0.25) is 0 Å². The fourth-order valence-corrected chi connectivity index (χ4v) is 3.77. The number of hydrogen-bond acceptors (Lipinski definition) is 5. The predicted octanol–water partition coefficient (Wildman–Crippen LogP) is 4.20. The second-order valence-electron chi connectivity index (χ2n) is 7.16. The summed E-state index contributed by atoms with van der Waals surface area (Å²) < 4.78 is 1.68. The Kier molecular flexibility index (Phi) is 7.83. The number of hydrogen-bond donors (Lipinski definition) is 2. The molecular weight excluding hydrogens is 410 g/mol. The summed E-state index contributed by atoms with van der Waals surface area (Å²) in [6.45, 7) is 2.20. The molecule has 0 saturated heterocycles. The van der Waals surface area contributed by atoms with Crippen molar-refractivity contribution < 1.29 is 4.79 Å². The molecule has 4 aromatic rings. The van der Waals surface area contributed by atoms with Crippen LogP contribution in [0.15, 0.2) is 58.5 Å². The van der Waals surface area contributed by atoms with E-state index in [2.05, 4.69) is 22.1 Å². The van der Waals surface area contributed by atoms with E-state index in [1.807, 2.05) is 42.7 Å². The van der Waals surface area contributed by atoms with E-state index in [1.165, 1.54) is 25.5 Å². The standard InChI is InChI=1S/C14H18N2O.C9H9N3OS/c1-2-3-4-5-10-13-11-8-6-7-9-12(11)14(17)16-15-13;1-14-6-2-3-12-7(9(10)13)5-11-8(12)4-6/h6-9H,2-5,10H2,1H3,(H,16,17);2-5H,1H3,(H2,10,13). The zero-order valence-electron chi connectivity index (χ0n) is 17.8. The zero-order valence-corrected chi connectivity index (χ0v) is 18.6. The summed E-state index contributed by atoms with van der Waals surface area (Å²) in [6, 6.07) is 11.5. The molecule has 0 saturated carbocycles. The number of nitrogens with one attached hydrogen (secondary N) is 1. The van der Waals surface area contributed by atoms with E-state index < -0.39 is 5.91 Å². The van der Waals surface area contributed by atoms with E-state index in [1.54, 1.807) is 22.4 Å². The summed E-state index contributed by atoms with van der Waals surface area (Å²) in [5.74, 6) is -0.464. The number of carbonyl (C=O) groups excluding carboxylic acids is 1. The summed E-state index contributed by atoms with van der Waals surface area (Å²) in [5.41, 5.74) is 7.25. The maximum Gasteiger partial charge on any atom is 0.272 e. The Morgan fingerprint density at radius 3 is 2.65 bits per heavy atom. The van der Waals surface area contributed by atoms with Crippen LogP contribution in [-0.4, -0.2) is 31.7 Å². The van der Waals surface area contributed by atoms with Crippen molar-refractivity contribution in [1.29, 1.82) is 0 Å². The minimum Gasteiger partial charge on any atom is -0.364 e. The number of pyridine rings is 1. The summed E-state index contributed by atoms with van der Waals surface area (Å²) in [5, 5.41) is 8.48. The number of imidazole rings is 1. The molecule has 0 bridgehead atoms. The molecule has 4 rings (SSSR count). The number of benzene rings is 1. The summed E-state index contributed by atoms with van der Waals surface area (Å²) in [7, 11) is 0. The first kappa shape index (κ1) is 22.6. The highest BCUT2D eigenvalue weighted by molar-refractivity contribution is 7.98. The smallest absolute Gasteiger partial charge is 0.272 e. The Morgan fingerprint density at radius 2 is 1.94 bits per heavy atom. The molecular formula is C23H27N5O2S. The number of aromatic nitrogens is 4. The van der Waals surface area contributed by atoms with E-state index in [-0.39, 0.29) is 5.56 Å². The zero-order chi connectivity index (χ0) is 22.2. The molecule has 1 amide bonds. The number of fused-ring (bicyclic) bond motifs is 2. The molecule has 3 aromatic heterocycles. The molecule has 0 radical (unpaired) electrons. The van der Waals surface area contributed by atoms with Crippen LogP contribution in [0.25, 0.3) is 16.4 Å². The van der Waals surface area contributed by atoms with Crippen LogP contribution in [-0.2, 0) is 6.42 Å². The number of aromatic amines is 1. The van der Waals surface area contributed by atoms with Gasteiger partial charge in [0.15, 0.2) is 0 Å². The summed E-state index contributed by atoms with van der Waals surface area (Å²) in [6.07, 6.45) is 11.1. The molecule has 3 N–H and O–H groups in total. The third-order valence-corrected chi connectivity index (χ3v) is 5.74. The Morgan fingerprint density at radius 1 is 1.16 bits per heavy atom. The number of aryl methyl sites for hydroxylation is 1. The van der Waals surface area contributed by atoms with Gasteiger partial charge in [0.2, 0.25) is 0 Å². The van der Waals surface area contributed by atoms with Crippen molar-refractivity contribution in [2.24, 2.45) is 5.73 Å². The number of nitrogens with two attached hydrogens (primary N) is 1. The highest BCUT2D eigenvalue weighted by Crippen LogP contribution is 2.17. The van der Waals surface area contributed by atoms with E-state index in [9.17, 15) is 9.59 Å². The molecule has 162 valence electrons. The lowest BCUT2D eigenvalue weighted by molar-refractivity contribution is 0.0994. The van der Waals surface area contributed by atoms with Crippen molar-refractivity contribution in [2.45, 2.75) is 43.9 Å². The van der Waals surface area contributed by atoms with Crippen LogP contribution in [0.4, 0.5) is 0 Å². The van der Waals surface area contributed by atoms with Crippen LogP contribution >= 0.6 is 11.8 Å². The molecule has 3 heterocycles. The van der Waals surface area contributed by atoms with Gasteiger partial charge in [0.1, 0.15) is 11.3 Å². The molecule has 1 aromatic carbocycles. The van der Waals surface area contributed by atoms with Gasteiger partial charge in [-0.25, -0.2) is 10.1 Å². The van der Waals surface area contributed by atoms with E-state index >= 15 is 0 Å². The fraction of sp³-hybridized carbons (Fsp3) is 0.304. The molecule has 0 spiro atoms. The normalized spacial score (nSPS) is 10.8. The quantitative estimate of drug-likeness (QED) is 0.333. The number of amides is 1. The lowest BCUT2D eigenvalue weighted by Crippen LogP contribution is -2.13. The molecule has 0 aliphatic heterocycles. The monoisotopic (exact) mass is 437 g/mol. The number of rotatable bonds is 7. The van der Waals surface area contributed by atoms with Crippen LogP contribution in [0.5, 0.6) is 0 Å². The van der Waals surface area contributed by atoms with Gasteiger partial charge in [0.25, 0.3) is 11.5 Å². The topological polar surface area (TPSA) is 106 Å². The van der Waals surface area contributed by atoms with Gasteiger partial charge in [-0.15, -0.1) is 11.8 Å². The van der Waals surface area contributed by atoms with Gasteiger partial charge in [-0.1, -0.05) is 44.4 Å². The molecule has 0 aliphatic carbocycles. The third-order valence-electron chi connectivity index (χ3n) is 5.01. The minimum atomic E-state index is -0.464. The number of carbonyl (C=O) groups is 1. The van der Waals surface area contributed by atoms with E-state index in [4.69, 9.17) is 5.73 Å². The van der Waals surface area contributed by atoms with Gasteiger partial charge < -0.3 is 5.73 Å². The van der Waals surface area contributed by atoms with Gasteiger partial charge >= 0.3 is 0 Å². The maximum atomic E-state index is 11.6. The Hall–Kier alpha value is -3.13. The van der Waals surface area contributed by atoms with Crippen molar-refractivity contribution in [3.05, 3.63) is 70.5 Å². The first-order valence-corrected chi connectivity index (χ1v) is 11.5. The Labute approximate surface area is 185 Å². The second-order valence-corrected chi connectivity index (χ2v) is 8.04. The molecule has 31 heavy (non-hydrogen) atoms. The van der Waals surface area contributed by atoms with Crippen LogP contribution < -0.4 is 11.3 Å². The first-order valence-electron chi connectivity index (χ1n) is 10.3. The third kappa shape index (κ3) is 5.52. The highest BCUT2D eigenvalue weighted by Gasteiger charge is 2.08. The number of primary amides is 1. The Bertz CT molecular complexity index is 1230. The predicted molar refractivity (Wildman–Crippen MR) is 126 cm³/mol. The van der Waals surface area contributed by atoms with E-state index in [0.717, 1.165) is 39.9 Å². The van der Waals surface area contributed by atoms with Crippen LogP contribution in [0.1, 0.15) is 48.8 Å². The Balaban J connectivity index is 0.000000179. The maximum absolute atomic E-state index is 11.6. The van der Waals surface area contributed by atoms with Gasteiger partial charge in [0.05, 0.1) is 17.3 Å². The summed E-state index contributed by atoms with van der Waals surface area (Å²) >= 11 is 1.63. The number of thioether (sulfide) groups is 1. The van der Waals surface area contributed by atoms with Crippen LogP contribution in [0, 0.1) is 0 Å². The van der Waals surface area contributed by atoms with Gasteiger partial charge in [-0.2, -0.15) is 5.10 Å². The molecule has 0 fully saturated rings. The van der Waals surface area contributed by atoms with Crippen molar-refractivity contribution in [3.8, 4) is 0 Å². The lowest BCUT2D eigenvalue weighted by atomic mass is 10.1. The summed E-state index contributed by atoms with van der Waals surface area (Å²) in [4.78, 5) is 27.8. The molecule has 8 heteroatoms. The lowest BCUT2D eigenvalue weighted by Gasteiger charge is -2.04. The van der Waals surface area contributed by atoms with Gasteiger partial charge in [-0.3, -0.25) is 14.0 Å². The molecule has 0 unspecified atom stereocenters. The molecule has 0 atom stereocenters. The van der Waals surface area contributed by atoms with Gasteiger partial charge in [-0.05, 0) is 37.3 Å². The van der Waals surface area contributed by atoms with Crippen molar-refractivity contribution in [2.75, 3.05) is 6.26 Å². The second kappa shape index (κ2) is 10.8. The van der Waals surface area contributed by atoms with Crippen molar-refractivity contribution in [1.82, 2.24) is 19.6 Å². The number of unbranched alkanes of at least 4 members (excludes halogenated alkanes) is 3.